The number of aryl methyl sites for hydroxylation is 1. The fourth-order valence-electron chi connectivity index (χ4n) is 3.44. The van der Waals surface area contributed by atoms with E-state index in [0.717, 1.165) is 34.7 Å². The first-order valence-corrected chi connectivity index (χ1v) is 8.12. The van der Waals surface area contributed by atoms with E-state index in [1.165, 1.54) is 5.56 Å². The number of pyridine rings is 1. The largest absolute Gasteiger partial charge is 0.496 e. The molecule has 126 valence electrons. The number of para-hydroxylation sites is 1. The van der Waals surface area contributed by atoms with E-state index in [2.05, 4.69) is 27.3 Å². The minimum absolute atomic E-state index is 0.0305. The monoisotopic (exact) mass is 325 g/mol. The average molecular weight is 325 g/mol. The molecule has 1 unspecified atom stereocenters. The van der Waals surface area contributed by atoms with Gasteiger partial charge in [-0.3, -0.25) is 9.78 Å². The van der Waals surface area contributed by atoms with Crippen LogP contribution in [-0.4, -0.2) is 31.1 Å². The maximum Gasteiger partial charge on any atom is 0.242 e. The van der Waals surface area contributed by atoms with Crippen molar-refractivity contribution in [2.45, 2.75) is 32.9 Å². The number of carbonyl (C=O) groups excluding carboxylic acids is 1. The Kier molecular flexibility index (Phi) is 4.42. The second-order valence-electron chi connectivity index (χ2n) is 6.14. The van der Waals surface area contributed by atoms with Gasteiger partial charge in [-0.05, 0) is 25.5 Å². The number of aromatic nitrogens is 1. The molecule has 2 heterocycles. The van der Waals surface area contributed by atoms with E-state index in [4.69, 9.17) is 4.74 Å². The molecule has 1 aliphatic rings. The fraction of sp³-hybridized carbons (Fsp3) is 0.368. The lowest BCUT2D eigenvalue weighted by molar-refractivity contribution is -0.121. The number of nitrogens with zero attached hydrogens (tertiary/aromatic N) is 2. The molecule has 1 aromatic carbocycles. The summed E-state index contributed by atoms with van der Waals surface area (Å²) < 4.78 is 5.51. The lowest BCUT2D eigenvalue weighted by atomic mass is 10.1. The normalized spacial score (nSPS) is 16.0. The van der Waals surface area contributed by atoms with Crippen LogP contribution in [0.1, 0.15) is 22.4 Å². The molecule has 3 rings (SSSR count). The highest BCUT2D eigenvalue weighted by atomic mass is 16.5. The second-order valence-corrected chi connectivity index (χ2v) is 6.14. The van der Waals surface area contributed by atoms with E-state index in [1.807, 2.05) is 32.2 Å². The van der Waals surface area contributed by atoms with E-state index in [1.54, 1.807) is 14.2 Å². The first kappa shape index (κ1) is 16.3. The molecule has 0 spiro atoms. The van der Waals surface area contributed by atoms with Gasteiger partial charge in [0.25, 0.3) is 0 Å². The van der Waals surface area contributed by atoms with Gasteiger partial charge >= 0.3 is 0 Å². The number of methoxy groups -OCH3 is 1. The highest BCUT2D eigenvalue weighted by molar-refractivity contribution is 5.88. The topological polar surface area (TPSA) is 54.5 Å². The molecule has 0 saturated heterocycles. The van der Waals surface area contributed by atoms with Crippen molar-refractivity contribution in [2.75, 3.05) is 19.1 Å². The minimum atomic E-state index is -0.208. The number of carbonyl (C=O) groups is 1. The van der Waals surface area contributed by atoms with Gasteiger partial charge in [-0.1, -0.05) is 18.2 Å². The predicted molar refractivity (Wildman–Crippen MR) is 94.4 cm³/mol. The van der Waals surface area contributed by atoms with Crippen LogP contribution in [0.2, 0.25) is 0 Å². The van der Waals surface area contributed by atoms with E-state index >= 15 is 0 Å². The lowest BCUT2D eigenvalue weighted by Crippen LogP contribution is -2.44. The van der Waals surface area contributed by atoms with Gasteiger partial charge in [0.1, 0.15) is 11.8 Å². The summed E-state index contributed by atoms with van der Waals surface area (Å²) in [6.45, 7) is 4.59. The molecule has 2 aromatic rings. The third kappa shape index (κ3) is 2.70. The molecule has 0 radical (unpaired) electrons. The number of hydrogen-bond donors (Lipinski definition) is 1. The van der Waals surface area contributed by atoms with Crippen LogP contribution in [0.5, 0.6) is 5.75 Å². The molecule has 0 bridgehead atoms. The molecule has 0 aliphatic carbocycles. The molecule has 1 amide bonds. The summed E-state index contributed by atoms with van der Waals surface area (Å²) in [7, 11) is 3.36. The fourth-order valence-corrected chi connectivity index (χ4v) is 3.44. The first-order valence-electron chi connectivity index (χ1n) is 8.12. The number of fused-ring (bicyclic) bond motifs is 1. The Morgan fingerprint density at radius 3 is 2.83 bits per heavy atom. The number of anilines is 1. The molecular weight excluding hydrogens is 302 g/mol. The molecule has 24 heavy (non-hydrogen) atoms. The average Bonchev–Trinajstić information content (AvgIpc) is 2.96. The zero-order chi connectivity index (χ0) is 17.3. The second kappa shape index (κ2) is 6.51. The predicted octanol–water partition coefficient (Wildman–Crippen LogP) is 2.38. The number of hydrogen-bond acceptors (Lipinski definition) is 4. The van der Waals surface area contributed by atoms with Crippen LogP contribution in [0.4, 0.5) is 5.69 Å². The molecule has 0 fully saturated rings. The van der Waals surface area contributed by atoms with Gasteiger partial charge in [0.15, 0.2) is 0 Å². The molecule has 1 atom stereocenters. The van der Waals surface area contributed by atoms with Crippen LogP contribution in [0.3, 0.4) is 0 Å². The quantitative estimate of drug-likeness (QED) is 0.938. The molecule has 1 N–H and O–H groups in total. The Labute approximate surface area is 142 Å². The molecule has 1 aliphatic heterocycles. The third-order valence-corrected chi connectivity index (χ3v) is 4.71. The summed E-state index contributed by atoms with van der Waals surface area (Å²) in [5.74, 6) is 0.895. The van der Waals surface area contributed by atoms with Crippen LogP contribution in [0, 0.1) is 13.8 Å². The number of rotatable bonds is 4. The number of ether oxygens (including phenoxy) is 1. The first-order chi connectivity index (χ1) is 11.6. The Balaban J connectivity index is 1.99. The van der Waals surface area contributed by atoms with E-state index in [9.17, 15) is 4.79 Å². The van der Waals surface area contributed by atoms with Crippen molar-refractivity contribution in [3.63, 3.8) is 0 Å². The van der Waals surface area contributed by atoms with Crippen molar-refractivity contribution in [3.8, 4) is 5.75 Å². The van der Waals surface area contributed by atoms with Crippen LogP contribution >= 0.6 is 0 Å². The summed E-state index contributed by atoms with van der Waals surface area (Å²) in [5, 5.41) is 2.78. The number of nitrogens with one attached hydrogen (secondary N) is 1. The summed E-state index contributed by atoms with van der Waals surface area (Å²) in [6.07, 6.45) is 2.55. The maximum absolute atomic E-state index is 12.3. The zero-order valence-corrected chi connectivity index (χ0v) is 14.6. The standard InChI is InChI=1S/C19H23N3O2/c1-12-10-21-15(13(2)18(12)24-4)11-22-16-8-6-5-7-14(16)9-17(22)19(23)20-3/h5-8,10,17H,9,11H2,1-4H3,(H,20,23). The minimum Gasteiger partial charge on any atom is -0.496 e. The summed E-state index contributed by atoms with van der Waals surface area (Å²) in [4.78, 5) is 19.1. The van der Waals surface area contributed by atoms with E-state index < -0.39 is 0 Å². The Morgan fingerprint density at radius 2 is 2.12 bits per heavy atom. The Bertz CT molecular complexity index is 773. The lowest BCUT2D eigenvalue weighted by Gasteiger charge is -2.27. The smallest absolute Gasteiger partial charge is 0.242 e. The molecule has 0 saturated carbocycles. The number of benzene rings is 1. The maximum atomic E-state index is 12.3. The van der Waals surface area contributed by atoms with E-state index in [0.29, 0.717) is 6.54 Å². The van der Waals surface area contributed by atoms with Crippen molar-refractivity contribution in [3.05, 3.63) is 52.8 Å². The molecule has 1 aromatic heterocycles. The van der Waals surface area contributed by atoms with Crippen molar-refractivity contribution in [1.29, 1.82) is 0 Å². The van der Waals surface area contributed by atoms with Crippen molar-refractivity contribution in [2.24, 2.45) is 0 Å². The highest BCUT2D eigenvalue weighted by Gasteiger charge is 2.34. The number of likely N-dealkylation sites (N-methyl/N-ethyl adjacent to an activating group) is 1. The third-order valence-electron chi connectivity index (χ3n) is 4.71. The van der Waals surface area contributed by atoms with E-state index in [-0.39, 0.29) is 11.9 Å². The zero-order valence-electron chi connectivity index (χ0n) is 14.6. The van der Waals surface area contributed by atoms with Gasteiger partial charge in [0, 0.05) is 36.5 Å². The van der Waals surface area contributed by atoms with Crippen molar-refractivity contribution < 1.29 is 9.53 Å². The Morgan fingerprint density at radius 1 is 1.38 bits per heavy atom. The Hall–Kier alpha value is -2.56. The van der Waals surface area contributed by atoms with Gasteiger partial charge in [-0.25, -0.2) is 0 Å². The molecular formula is C19H23N3O2. The van der Waals surface area contributed by atoms with Gasteiger partial charge in [0.2, 0.25) is 5.91 Å². The van der Waals surface area contributed by atoms with Crippen LogP contribution < -0.4 is 15.0 Å². The summed E-state index contributed by atoms with van der Waals surface area (Å²) in [5.41, 5.74) is 5.28. The van der Waals surface area contributed by atoms with Crippen LogP contribution in [0.15, 0.2) is 30.5 Å². The SMILES string of the molecule is CNC(=O)C1Cc2ccccc2N1Cc1ncc(C)c(OC)c1C. The van der Waals surface area contributed by atoms with Crippen molar-refractivity contribution in [1.82, 2.24) is 10.3 Å². The molecule has 5 heteroatoms. The van der Waals surface area contributed by atoms with Crippen LogP contribution in [0.25, 0.3) is 0 Å². The van der Waals surface area contributed by atoms with Gasteiger partial charge in [-0.15, -0.1) is 0 Å². The van der Waals surface area contributed by atoms with Gasteiger partial charge in [0.05, 0.1) is 19.3 Å². The van der Waals surface area contributed by atoms with Gasteiger partial charge in [-0.2, -0.15) is 0 Å². The highest BCUT2D eigenvalue weighted by Crippen LogP contribution is 2.34. The summed E-state index contributed by atoms with van der Waals surface area (Å²) in [6, 6.07) is 7.97. The molecule has 5 nitrogen and oxygen atoms in total. The van der Waals surface area contributed by atoms with Crippen molar-refractivity contribution >= 4 is 11.6 Å². The van der Waals surface area contributed by atoms with Gasteiger partial charge < -0.3 is 15.0 Å². The number of amides is 1. The van der Waals surface area contributed by atoms with Crippen LogP contribution in [-0.2, 0) is 17.8 Å². The summed E-state index contributed by atoms with van der Waals surface area (Å²) >= 11 is 0.